The Kier molecular flexibility index (Phi) is 9.85. The van der Waals surface area contributed by atoms with E-state index in [-0.39, 0.29) is 30.0 Å². The minimum atomic E-state index is -0.198. The predicted octanol–water partition coefficient (Wildman–Crippen LogP) is 4.61. The van der Waals surface area contributed by atoms with Gasteiger partial charge in [0.2, 0.25) is 5.91 Å². The van der Waals surface area contributed by atoms with Crippen molar-refractivity contribution in [1.29, 1.82) is 0 Å². The van der Waals surface area contributed by atoms with E-state index in [0.29, 0.717) is 42.9 Å². The summed E-state index contributed by atoms with van der Waals surface area (Å²) >= 11 is 2.97. The molecule has 8 nitrogen and oxygen atoms in total. The number of aromatic nitrogens is 1. The molecule has 1 aromatic rings. The average Bonchev–Trinajstić information content (AvgIpc) is 3.23. The lowest BCUT2D eigenvalue weighted by molar-refractivity contribution is -0.142. The number of thioether (sulfide) groups is 1. The summed E-state index contributed by atoms with van der Waals surface area (Å²) in [5.74, 6) is 1.23. The molecule has 0 unspecified atom stereocenters. The molecule has 3 amide bonds. The molecule has 0 spiro atoms. The van der Waals surface area contributed by atoms with Crippen LogP contribution in [0.1, 0.15) is 65.7 Å². The van der Waals surface area contributed by atoms with Crippen molar-refractivity contribution < 1.29 is 19.1 Å². The fourth-order valence-electron chi connectivity index (χ4n) is 4.62. The summed E-state index contributed by atoms with van der Waals surface area (Å²) in [6, 6.07) is 0.277. The number of nitrogens with zero attached hydrogens (tertiary/aromatic N) is 3. The van der Waals surface area contributed by atoms with Crippen molar-refractivity contribution in [2.24, 2.45) is 5.92 Å². The summed E-state index contributed by atoms with van der Waals surface area (Å²) < 4.78 is 5.92. The van der Waals surface area contributed by atoms with Crippen LogP contribution in [0.25, 0.3) is 0 Å². The number of rotatable bonds is 8. The van der Waals surface area contributed by atoms with Gasteiger partial charge in [-0.05, 0) is 51.4 Å². The molecule has 1 N–H and O–H groups in total. The van der Waals surface area contributed by atoms with Gasteiger partial charge in [-0.15, -0.1) is 11.8 Å². The second-order valence-electron chi connectivity index (χ2n) is 8.88. The van der Waals surface area contributed by atoms with Gasteiger partial charge in [0.05, 0.1) is 23.4 Å². The summed E-state index contributed by atoms with van der Waals surface area (Å²) in [7, 11) is 0. The fraction of sp³-hybridized carbons (Fsp3) is 0.739. The molecule has 1 saturated carbocycles. The number of nitrogens with one attached hydrogen (secondary N) is 1. The number of piperidine rings is 1. The number of anilines is 1. The summed E-state index contributed by atoms with van der Waals surface area (Å²) in [5, 5.41) is 3.61. The Hall–Kier alpha value is -1.81. The van der Waals surface area contributed by atoms with Gasteiger partial charge in [-0.3, -0.25) is 14.9 Å². The van der Waals surface area contributed by atoms with Gasteiger partial charge >= 0.3 is 12.0 Å². The van der Waals surface area contributed by atoms with Crippen molar-refractivity contribution in [3.63, 3.8) is 0 Å². The van der Waals surface area contributed by atoms with Crippen LogP contribution in [-0.2, 0) is 14.3 Å². The average molecular weight is 497 g/mol. The third kappa shape index (κ3) is 7.60. The molecule has 10 heteroatoms. The van der Waals surface area contributed by atoms with Crippen LogP contribution in [0.4, 0.5) is 9.93 Å². The number of ether oxygens (including phenoxy) is 1. The maximum absolute atomic E-state index is 13.4. The second-order valence-corrected chi connectivity index (χ2v) is 11.3. The number of carbonyl (C=O) groups excluding carboxylic acids is 3. The smallest absolute Gasteiger partial charge is 0.324 e. The van der Waals surface area contributed by atoms with E-state index in [2.05, 4.69) is 22.1 Å². The molecule has 0 atom stereocenters. The van der Waals surface area contributed by atoms with Gasteiger partial charge in [-0.2, -0.15) is 0 Å². The van der Waals surface area contributed by atoms with Crippen molar-refractivity contribution in [2.45, 2.75) is 82.0 Å². The first kappa shape index (κ1) is 25.8. The molecule has 1 saturated heterocycles. The third-order valence-corrected chi connectivity index (χ3v) is 8.58. The minimum absolute atomic E-state index is 0.0896. The lowest BCUT2D eigenvalue weighted by Gasteiger charge is -2.44. The normalized spacial score (nSPS) is 21.5. The summed E-state index contributed by atoms with van der Waals surface area (Å²) in [6.07, 6.45) is 8.04. The lowest BCUT2D eigenvalue weighted by Crippen LogP contribution is -2.54. The summed E-state index contributed by atoms with van der Waals surface area (Å²) in [6.45, 7) is 7.48. The number of esters is 1. The van der Waals surface area contributed by atoms with Crippen molar-refractivity contribution in [1.82, 2.24) is 14.8 Å². The molecule has 3 rings (SSSR count). The molecule has 1 aromatic heterocycles. The van der Waals surface area contributed by atoms with E-state index in [9.17, 15) is 14.4 Å². The number of carbonyl (C=O) groups is 3. The van der Waals surface area contributed by atoms with Gasteiger partial charge in [0.1, 0.15) is 0 Å². The molecule has 2 aliphatic rings. The minimum Gasteiger partial charge on any atom is -0.466 e. The molecule has 0 bridgehead atoms. The number of urea groups is 1. The van der Waals surface area contributed by atoms with Gasteiger partial charge in [-0.25, -0.2) is 9.78 Å². The predicted molar refractivity (Wildman–Crippen MR) is 132 cm³/mol. The standard InChI is InChI=1S/C23H36N4O4S2/c1-4-31-20(29)11-14-32-21-15-24-22(33-21)25-23(30)27(18-7-5-16(2)6-8-18)19-9-12-26(13-10-19)17(3)28/h15-16,18-19H,4-14H2,1-3H3,(H,24,25,30). The molecule has 0 aromatic carbocycles. The molecule has 1 aliphatic carbocycles. The maximum Gasteiger partial charge on any atom is 0.324 e. The molecule has 2 fully saturated rings. The molecule has 184 valence electrons. The van der Waals surface area contributed by atoms with Gasteiger partial charge in [-0.1, -0.05) is 18.3 Å². The van der Waals surface area contributed by atoms with Crippen molar-refractivity contribution in [3.05, 3.63) is 6.20 Å². The number of thiazole rings is 1. The summed E-state index contributed by atoms with van der Waals surface area (Å²) in [4.78, 5) is 45.0. The van der Waals surface area contributed by atoms with Gasteiger partial charge in [0, 0.05) is 37.8 Å². The molecule has 0 radical (unpaired) electrons. The highest BCUT2D eigenvalue weighted by atomic mass is 32.2. The number of hydrogen-bond donors (Lipinski definition) is 1. The zero-order chi connectivity index (χ0) is 23.8. The van der Waals surface area contributed by atoms with Crippen LogP contribution in [-0.4, -0.2) is 70.2 Å². The molecular weight excluding hydrogens is 460 g/mol. The zero-order valence-corrected chi connectivity index (χ0v) is 21.5. The molecular formula is C23H36N4O4S2. The van der Waals surface area contributed by atoms with E-state index in [1.54, 1.807) is 31.8 Å². The van der Waals surface area contributed by atoms with E-state index in [4.69, 9.17) is 4.74 Å². The van der Waals surface area contributed by atoms with Crippen LogP contribution < -0.4 is 5.32 Å². The number of hydrogen-bond acceptors (Lipinski definition) is 7. The summed E-state index contributed by atoms with van der Waals surface area (Å²) in [5.41, 5.74) is 0. The van der Waals surface area contributed by atoms with Crippen LogP contribution in [0.3, 0.4) is 0 Å². The number of amides is 3. The first-order chi connectivity index (χ1) is 15.9. The Balaban J connectivity index is 1.60. The van der Waals surface area contributed by atoms with Gasteiger partial charge in [0.15, 0.2) is 5.13 Å². The van der Waals surface area contributed by atoms with Crippen LogP contribution in [0.2, 0.25) is 0 Å². The topological polar surface area (TPSA) is 91.8 Å². The fourth-order valence-corrected chi connectivity index (χ4v) is 6.48. The second kappa shape index (κ2) is 12.6. The van der Waals surface area contributed by atoms with Crippen molar-refractivity contribution in [2.75, 3.05) is 30.8 Å². The van der Waals surface area contributed by atoms with E-state index in [1.807, 2.05) is 4.90 Å². The highest BCUT2D eigenvalue weighted by Crippen LogP contribution is 2.33. The van der Waals surface area contributed by atoms with Crippen LogP contribution >= 0.6 is 23.1 Å². The van der Waals surface area contributed by atoms with Crippen LogP contribution in [0.5, 0.6) is 0 Å². The monoisotopic (exact) mass is 496 g/mol. The largest absolute Gasteiger partial charge is 0.466 e. The van der Waals surface area contributed by atoms with Crippen molar-refractivity contribution in [3.8, 4) is 0 Å². The van der Waals surface area contributed by atoms with Crippen LogP contribution in [0.15, 0.2) is 10.4 Å². The van der Waals surface area contributed by atoms with E-state index in [1.165, 1.54) is 11.3 Å². The first-order valence-electron chi connectivity index (χ1n) is 12.0. The van der Waals surface area contributed by atoms with Gasteiger partial charge in [0.25, 0.3) is 0 Å². The Morgan fingerprint density at radius 2 is 1.85 bits per heavy atom. The maximum atomic E-state index is 13.4. The Labute approximate surface area is 204 Å². The van der Waals surface area contributed by atoms with E-state index >= 15 is 0 Å². The zero-order valence-electron chi connectivity index (χ0n) is 19.9. The van der Waals surface area contributed by atoms with Gasteiger partial charge < -0.3 is 14.5 Å². The Morgan fingerprint density at radius 1 is 1.18 bits per heavy atom. The quantitative estimate of drug-likeness (QED) is 0.417. The molecule has 1 aliphatic heterocycles. The Morgan fingerprint density at radius 3 is 2.48 bits per heavy atom. The highest BCUT2D eigenvalue weighted by molar-refractivity contribution is 8.01. The molecule has 2 heterocycles. The van der Waals surface area contributed by atoms with Crippen molar-refractivity contribution >= 4 is 46.1 Å². The van der Waals surface area contributed by atoms with E-state index in [0.717, 1.165) is 42.7 Å². The van der Waals surface area contributed by atoms with E-state index < -0.39 is 0 Å². The Bertz CT molecular complexity index is 802. The molecule has 33 heavy (non-hydrogen) atoms. The lowest BCUT2D eigenvalue weighted by atomic mass is 9.85. The SMILES string of the molecule is CCOC(=O)CCSc1cnc(NC(=O)N(C2CCC(C)CC2)C2CCN(C(C)=O)CC2)s1. The first-order valence-corrected chi connectivity index (χ1v) is 13.8. The highest BCUT2D eigenvalue weighted by Gasteiger charge is 2.35. The third-order valence-electron chi connectivity index (χ3n) is 6.47. The number of likely N-dealkylation sites (tertiary alicyclic amines) is 1. The van der Waals surface area contributed by atoms with Crippen LogP contribution in [0, 0.1) is 5.92 Å².